The molecule has 0 spiro atoms. The normalized spacial score (nSPS) is 13.9. The lowest BCUT2D eigenvalue weighted by Crippen LogP contribution is -2.58. The van der Waals surface area contributed by atoms with Gasteiger partial charge >= 0.3 is 0 Å². The molecule has 13 aromatic rings. The van der Waals surface area contributed by atoms with Crippen LogP contribution < -0.4 is 30.6 Å². The number of nitrogens with zero attached hydrogens (tertiary/aromatic N) is 5. The van der Waals surface area contributed by atoms with E-state index in [1.165, 1.54) is 27.5 Å². The van der Waals surface area contributed by atoms with Crippen molar-refractivity contribution >= 4 is 73.0 Å². The second kappa shape index (κ2) is 18.1. The number of aryl methyl sites for hydroxylation is 2. The van der Waals surface area contributed by atoms with Crippen LogP contribution in [0, 0.1) is 20.2 Å². The Bertz CT molecular complexity index is 4750. The Balaban J connectivity index is 0.880. The molecular formula is C68H48BN5O. The third kappa shape index (κ3) is 7.42. The van der Waals surface area contributed by atoms with Gasteiger partial charge in [-0.3, -0.25) is 13.7 Å². The zero-order valence-electron chi connectivity index (χ0n) is 50.7. The van der Waals surface area contributed by atoms with Crippen LogP contribution in [-0.2, 0) is 0 Å². The molecule has 7 heteroatoms. The van der Waals surface area contributed by atoms with E-state index >= 15 is 0 Å². The molecule has 1 aliphatic heterocycles. The first-order valence-corrected chi connectivity index (χ1v) is 24.7. The number of ether oxygens (including phenoxy) is 1. The van der Waals surface area contributed by atoms with Gasteiger partial charge in [-0.2, -0.15) is 0 Å². The van der Waals surface area contributed by atoms with Crippen LogP contribution in [0.3, 0.4) is 0 Å². The number of pyridine rings is 1. The molecule has 1 aliphatic rings. The van der Waals surface area contributed by atoms with E-state index in [0.29, 0.717) is 28.2 Å². The van der Waals surface area contributed by atoms with Crippen molar-refractivity contribution in [1.82, 2.24) is 14.1 Å². The van der Waals surface area contributed by atoms with Crippen LogP contribution in [0.4, 0.5) is 17.1 Å². The highest BCUT2D eigenvalue weighted by molar-refractivity contribution is 6.98. The number of hydrogen-bond donors (Lipinski definition) is 0. The fourth-order valence-electron chi connectivity index (χ4n) is 11.2. The fourth-order valence-corrected chi connectivity index (χ4v) is 11.2. The van der Waals surface area contributed by atoms with E-state index in [0.717, 1.165) is 44.7 Å². The van der Waals surface area contributed by atoms with Crippen molar-refractivity contribution in [3.63, 3.8) is 0 Å². The molecule has 10 aromatic carbocycles. The minimum absolute atomic E-state index is 0.0390. The molecule has 0 amide bonds. The van der Waals surface area contributed by atoms with Gasteiger partial charge in [-0.1, -0.05) is 198 Å². The highest BCUT2D eigenvalue weighted by atomic mass is 16.5. The first-order valence-electron chi connectivity index (χ1n) is 29.7. The van der Waals surface area contributed by atoms with Crippen LogP contribution in [-0.4, -0.2) is 20.8 Å². The van der Waals surface area contributed by atoms with E-state index in [1.54, 1.807) is 27.3 Å². The standard InChI is InChI=1S/C68H48BN5O/c1-46-20-17-21-47(2)67(46)69-58-31-10-13-34-61(58)73(62-35-14-11-32-59(62)69)51-40-41-70-66(43-51)74-60-33-12-9-28-56(60)57-39-38-53(44-65(57)74)75-52-27-18-26-50(42-52)71-45-72(64-37-16-15-36-63(64)71)68-54(48-22-5-3-6-23-48)29-19-30-55(68)49-24-7-4-8-25-49/h3-44H,1-2H3/i3D,4D,5D,6D,7D,8D,22D,23D,24D,25D. The van der Waals surface area contributed by atoms with E-state index in [1.807, 2.05) is 79.0 Å². The summed E-state index contributed by atoms with van der Waals surface area (Å²) in [5, 5.41) is 2.06. The van der Waals surface area contributed by atoms with Crippen molar-refractivity contribution in [2.45, 2.75) is 13.8 Å². The average Bonchev–Trinajstić information content (AvgIpc) is 2.57. The molecule has 0 atom stereocenters. The summed E-state index contributed by atoms with van der Waals surface area (Å²) in [6.07, 6.45) is 5.34. The number of imidazole rings is 1. The van der Waals surface area contributed by atoms with E-state index in [4.69, 9.17) is 23.4 Å². The molecule has 0 saturated heterocycles. The number of rotatable bonds is 9. The van der Waals surface area contributed by atoms with Crippen LogP contribution in [0.5, 0.6) is 11.5 Å². The highest BCUT2D eigenvalue weighted by Crippen LogP contribution is 2.40. The SMILES string of the molecule is [2H]c1c([2H])c([2H])c(-c2cccc(-c3c([2H])c([2H])c([2H])c([2H])c3[2H])c2-[n+]2[c-]n(-c3cccc(Oc4ccc5c6ccccc6n(-c6cc(N7c8ccccc8B(c8c(C)cccc8C)c8ccccc87)ccn6)c5c4)c3)c3ccccc32)c([2H])c1[2H]. The monoisotopic (exact) mass is 971 g/mol. The Labute approximate surface area is 450 Å². The lowest BCUT2D eigenvalue weighted by Gasteiger charge is -2.37. The maximum atomic E-state index is 9.09. The predicted octanol–water partition coefficient (Wildman–Crippen LogP) is 14.2. The summed E-state index contributed by atoms with van der Waals surface area (Å²) in [7, 11) is 0. The minimum atomic E-state index is -0.571. The van der Waals surface area contributed by atoms with Gasteiger partial charge < -0.3 is 9.64 Å². The number of benzene rings is 10. The molecule has 0 unspecified atom stereocenters. The van der Waals surface area contributed by atoms with Gasteiger partial charge in [0.2, 0.25) is 6.71 Å². The van der Waals surface area contributed by atoms with Gasteiger partial charge in [0, 0.05) is 40.5 Å². The van der Waals surface area contributed by atoms with Crippen LogP contribution in [0.15, 0.2) is 255 Å². The summed E-state index contributed by atoms with van der Waals surface area (Å²) in [6.45, 7) is 4.44. The third-order valence-electron chi connectivity index (χ3n) is 14.3. The molecule has 0 saturated carbocycles. The molecule has 0 aliphatic carbocycles. The molecule has 0 radical (unpaired) electrons. The van der Waals surface area contributed by atoms with Gasteiger partial charge in [0.25, 0.3) is 6.33 Å². The Morgan fingerprint density at radius 2 is 1.12 bits per heavy atom. The van der Waals surface area contributed by atoms with Crippen molar-refractivity contribution in [3.8, 4) is 50.9 Å². The van der Waals surface area contributed by atoms with Gasteiger partial charge in [-0.25, -0.2) is 4.98 Å². The van der Waals surface area contributed by atoms with Gasteiger partial charge in [-0.15, -0.1) is 0 Å². The summed E-state index contributed by atoms with van der Waals surface area (Å²) in [5.74, 6) is 1.78. The number of fused-ring (bicyclic) bond motifs is 6. The molecule has 14 rings (SSSR count). The van der Waals surface area contributed by atoms with Crippen molar-refractivity contribution in [2.75, 3.05) is 4.90 Å². The second-order valence-corrected chi connectivity index (χ2v) is 18.7. The van der Waals surface area contributed by atoms with Crippen molar-refractivity contribution in [3.05, 3.63) is 272 Å². The maximum absolute atomic E-state index is 9.09. The zero-order valence-corrected chi connectivity index (χ0v) is 40.7. The van der Waals surface area contributed by atoms with E-state index in [-0.39, 0.29) is 34.7 Å². The van der Waals surface area contributed by atoms with Crippen LogP contribution in [0.25, 0.3) is 72.3 Å². The summed E-state index contributed by atoms with van der Waals surface area (Å²) < 4.78 is 100. The molecular weight excluding hydrogens is 914 g/mol. The predicted molar refractivity (Wildman–Crippen MR) is 308 cm³/mol. The van der Waals surface area contributed by atoms with Gasteiger partial charge in [0.15, 0.2) is 0 Å². The van der Waals surface area contributed by atoms with Crippen molar-refractivity contribution in [2.24, 2.45) is 0 Å². The summed E-state index contributed by atoms with van der Waals surface area (Å²) in [4.78, 5) is 7.42. The Kier molecular flexibility index (Phi) is 8.35. The molecule has 0 N–H and O–H groups in total. The number of aromatic nitrogens is 4. The first-order chi connectivity index (χ1) is 41.2. The van der Waals surface area contributed by atoms with Gasteiger partial charge in [0.1, 0.15) is 17.3 Å². The fraction of sp³-hybridized carbons (Fsp3) is 0.0294. The molecule has 0 fully saturated rings. The molecule has 3 aromatic heterocycles. The second-order valence-electron chi connectivity index (χ2n) is 18.7. The molecule has 75 heavy (non-hydrogen) atoms. The topological polar surface area (TPSA) is 39.1 Å². The summed E-state index contributed by atoms with van der Waals surface area (Å²) >= 11 is 0. The highest BCUT2D eigenvalue weighted by Gasteiger charge is 2.36. The Morgan fingerprint density at radius 1 is 0.520 bits per heavy atom. The smallest absolute Gasteiger partial charge is 0.269 e. The Hall–Kier alpha value is -9.72. The largest absolute Gasteiger partial charge is 0.458 e. The molecule has 4 heterocycles. The van der Waals surface area contributed by atoms with Crippen molar-refractivity contribution < 1.29 is 23.0 Å². The van der Waals surface area contributed by atoms with Crippen LogP contribution in [0.1, 0.15) is 24.8 Å². The zero-order chi connectivity index (χ0) is 58.7. The van der Waals surface area contributed by atoms with E-state index in [2.05, 4.69) is 127 Å². The number of hydrogen-bond acceptors (Lipinski definition) is 3. The maximum Gasteiger partial charge on any atom is 0.269 e. The minimum Gasteiger partial charge on any atom is -0.458 e. The molecule has 354 valence electrons. The lowest BCUT2D eigenvalue weighted by atomic mass is 9.34. The van der Waals surface area contributed by atoms with E-state index in [9.17, 15) is 0 Å². The lowest BCUT2D eigenvalue weighted by molar-refractivity contribution is -0.571. The first kappa shape index (κ1) is 34.6. The van der Waals surface area contributed by atoms with Crippen LogP contribution >= 0.6 is 0 Å². The molecule has 0 bridgehead atoms. The van der Waals surface area contributed by atoms with Crippen molar-refractivity contribution in [1.29, 1.82) is 0 Å². The van der Waals surface area contributed by atoms with Crippen LogP contribution in [0.2, 0.25) is 0 Å². The van der Waals surface area contributed by atoms with Gasteiger partial charge in [0.05, 0.1) is 52.8 Å². The molecule has 6 nitrogen and oxygen atoms in total. The van der Waals surface area contributed by atoms with Gasteiger partial charge in [-0.05, 0) is 102 Å². The van der Waals surface area contributed by atoms with E-state index < -0.39 is 60.4 Å². The number of anilines is 3. The average molecular weight is 972 g/mol. The summed E-state index contributed by atoms with van der Waals surface area (Å²) in [5.41, 5.74) is 13.3. The third-order valence-corrected chi connectivity index (χ3v) is 14.3. The quantitative estimate of drug-likeness (QED) is 0.0822. The number of para-hydroxylation sites is 6. The Morgan fingerprint density at radius 3 is 1.84 bits per heavy atom. The summed E-state index contributed by atoms with van der Waals surface area (Å²) in [6, 6.07) is 56.9.